The Bertz CT molecular complexity index is 776. The number of amides is 1. The molecule has 0 fully saturated rings. The van der Waals surface area contributed by atoms with Crippen LogP contribution in [0.2, 0.25) is 0 Å². The zero-order valence-electron chi connectivity index (χ0n) is 13.1. The Labute approximate surface area is 137 Å². The Balaban J connectivity index is 1.92. The van der Waals surface area contributed by atoms with Gasteiger partial charge in [-0.3, -0.25) is 9.59 Å². The molecule has 5 nitrogen and oxygen atoms in total. The van der Waals surface area contributed by atoms with Gasteiger partial charge in [0.25, 0.3) is 5.56 Å². The average molecular weight is 336 g/mol. The highest BCUT2D eigenvalue weighted by atomic mass is 19.2. The Morgan fingerprint density at radius 3 is 2.67 bits per heavy atom. The monoisotopic (exact) mass is 336 g/mol. The molecule has 0 saturated heterocycles. The molecule has 0 aliphatic heterocycles. The second-order valence-electron chi connectivity index (χ2n) is 5.46. The summed E-state index contributed by atoms with van der Waals surface area (Å²) in [5.41, 5.74) is -0.0406. The third kappa shape index (κ3) is 4.48. The number of benzene rings is 1. The van der Waals surface area contributed by atoms with E-state index in [-0.39, 0.29) is 30.0 Å². The molecule has 2 N–H and O–H groups in total. The number of aliphatic hydroxyl groups is 1. The van der Waals surface area contributed by atoms with Gasteiger partial charge >= 0.3 is 0 Å². The predicted octanol–water partition coefficient (Wildman–Crippen LogP) is 1.75. The van der Waals surface area contributed by atoms with Gasteiger partial charge < -0.3 is 15.0 Å². The Morgan fingerprint density at radius 1 is 1.25 bits per heavy atom. The van der Waals surface area contributed by atoms with Crippen LogP contribution < -0.4 is 10.9 Å². The van der Waals surface area contributed by atoms with Crippen molar-refractivity contribution in [3.63, 3.8) is 0 Å². The molecule has 1 amide bonds. The van der Waals surface area contributed by atoms with E-state index in [4.69, 9.17) is 0 Å². The zero-order valence-corrected chi connectivity index (χ0v) is 13.1. The molecule has 7 heteroatoms. The van der Waals surface area contributed by atoms with Gasteiger partial charge in [-0.05, 0) is 30.7 Å². The van der Waals surface area contributed by atoms with Gasteiger partial charge in [0.1, 0.15) is 0 Å². The number of pyridine rings is 1. The Morgan fingerprint density at radius 2 is 2.00 bits per heavy atom. The van der Waals surface area contributed by atoms with Gasteiger partial charge in [0.2, 0.25) is 5.91 Å². The minimum Gasteiger partial charge on any atom is -0.386 e. The smallest absolute Gasteiger partial charge is 0.250 e. The molecule has 0 aliphatic carbocycles. The van der Waals surface area contributed by atoms with E-state index in [0.717, 1.165) is 12.1 Å². The van der Waals surface area contributed by atoms with E-state index >= 15 is 0 Å². The number of nitrogens with zero attached hydrogens (tertiary/aromatic N) is 1. The molecule has 128 valence electrons. The van der Waals surface area contributed by atoms with Crippen LogP contribution in [0.4, 0.5) is 8.78 Å². The molecule has 0 spiro atoms. The minimum absolute atomic E-state index is 0.0543. The topological polar surface area (TPSA) is 71.3 Å². The van der Waals surface area contributed by atoms with E-state index < -0.39 is 23.8 Å². The lowest BCUT2D eigenvalue weighted by molar-refractivity contribution is -0.122. The minimum atomic E-state index is -1.18. The van der Waals surface area contributed by atoms with Crippen molar-refractivity contribution in [2.24, 2.45) is 0 Å². The van der Waals surface area contributed by atoms with E-state index in [1.165, 1.54) is 16.7 Å². The van der Waals surface area contributed by atoms with Crippen LogP contribution in [0.5, 0.6) is 0 Å². The van der Waals surface area contributed by atoms with Crippen LogP contribution >= 0.6 is 0 Å². The zero-order chi connectivity index (χ0) is 17.7. The molecule has 2 rings (SSSR count). The number of hydrogen-bond donors (Lipinski definition) is 2. The molecular formula is C17H18F2N2O3. The summed E-state index contributed by atoms with van der Waals surface area (Å²) in [5, 5.41) is 12.7. The number of aliphatic hydroxyl groups excluding tert-OH is 1. The molecule has 2 aromatic rings. The summed E-state index contributed by atoms with van der Waals surface area (Å²) in [4.78, 5) is 23.5. The van der Waals surface area contributed by atoms with Gasteiger partial charge in [-0.1, -0.05) is 12.1 Å². The first-order chi connectivity index (χ1) is 11.4. The number of halogens is 2. The van der Waals surface area contributed by atoms with Crippen molar-refractivity contribution in [2.45, 2.75) is 32.0 Å². The maximum Gasteiger partial charge on any atom is 0.250 e. The van der Waals surface area contributed by atoms with Crippen molar-refractivity contribution in [3.8, 4) is 0 Å². The molecule has 1 aromatic carbocycles. The second-order valence-corrected chi connectivity index (χ2v) is 5.46. The van der Waals surface area contributed by atoms with Gasteiger partial charge in [-0.2, -0.15) is 0 Å². The van der Waals surface area contributed by atoms with Crippen molar-refractivity contribution in [2.75, 3.05) is 0 Å². The van der Waals surface area contributed by atoms with Gasteiger partial charge in [0.15, 0.2) is 11.6 Å². The van der Waals surface area contributed by atoms with E-state index in [2.05, 4.69) is 5.32 Å². The van der Waals surface area contributed by atoms with E-state index in [1.807, 2.05) is 0 Å². The van der Waals surface area contributed by atoms with Crippen LogP contribution in [0.15, 0.2) is 47.4 Å². The first kappa shape index (κ1) is 17.8. The highest BCUT2D eigenvalue weighted by Crippen LogP contribution is 2.19. The number of nitrogens with one attached hydrogen (secondary N) is 1. The lowest BCUT2D eigenvalue weighted by Gasteiger charge is -2.21. The normalized spacial score (nSPS) is 13.3. The highest BCUT2D eigenvalue weighted by molar-refractivity contribution is 5.76. The molecule has 2 unspecified atom stereocenters. The molecule has 0 bridgehead atoms. The lowest BCUT2D eigenvalue weighted by atomic mass is 10.0. The van der Waals surface area contributed by atoms with Crippen LogP contribution in [0.3, 0.4) is 0 Å². The second kappa shape index (κ2) is 7.83. The molecule has 1 aromatic heterocycles. The Kier molecular flexibility index (Phi) is 5.81. The summed E-state index contributed by atoms with van der Waals surface area (Å²) in [6.07, 6.45) is 0.456. The van der Waals surface area contributed by atoms with Crippen molar-refractivity contribution < 1.29 is 18.7 Å². The van der Waals surface area contributed by atoms with Crippen LogP contribution in [-0.4, -0.2) is 21.6 Å². The molecular weight excluding hydrogens is 318 g/mol. The standard InChI is InChI=1S/C17H18F2N2O3/c1-11(17(24)12-5-6-13(18)14(19)10-12)20-15(22)7-9-21-8-3-2-4-16(21)23/h2-6,8,10-11,17,24H,7,9H2,1H3,(H,20,22). The van der Waals surface area contributed by atoms with Crippen LogP contribution in [0.1, 0.15) is 25.0 Å². The van der Waals surface area contributed by atoms with Crippen LogP contribution in [0, 0.1) is 11.6 Å². The Hall–Kier alpha value is -2.54. The number of rotatable bonds is 6. The van der Waals surface area contributed by atoms with E-state index in [0.29, 0.717) is 0 Å². The summed E-state index contributed by atoms with van der Waals surface area (Å²) >= 11 is 0. The van der Waals surface area contributed by atoms with Gasteiger partial charge in [-0.25, -0.2) is 8.78 Å². The first-order valence-corrected chi connectivity index (χ1v) is 7.46. The van der Waals surface area contributed by atoms with Gasteiger partial charge in [0.05, 0.1) is 12.1 Å². The fourth-order valence-electron chi connectivity index (χ4n) is 2.26. The number of aromatic nitrogens is 1. The number of aryl methyl sites for hydroxylation is 1. The molecule has 24 heavy (non-hydrogen) atoms. The van der Waals surface area contributed by atoms with Gasteiger partial charge in [0, 0.05) is 25.2 Å². The maximum absolute atomic E-state index is 13.2. The van der Waals surface area contributed by atoms with Crippen molar-refractivity contribution >= 4 is 5.91 Å². The fraction of sp³-hybridized carbons (Fsp3) is 0.294. The average Bonchev–Trinajstić information content (AvgIpc) is 2.56. The quantitative estimate of drug-likeness (QED) is 0.844. The van der Waals surface area contributed by atoms with Crippen molar-refractivity contribution in [1.82, 2.24) is 9.88 Å². The summed E-state index contributed by atoms with van der Waals surface area (Å²) in [6, 6.07) is 7.07. The molecule has 2 atom stereocenters. The van der Waals surface area contributed by atoms with E-state index in [9.17, 15) is 23.5 Å². The van der Waals surface area contributed by atoms with Gasteiger partial charge in [-0.15, -0.1) is 0 Å². The van der Waals surface area contributed by atoms with Crippen molar-refractivity contribution in [3.05, 3.63) is 70.1 Å². The number of hydrogen-bond acceptors (Lipinski definition) is 3. The third-order valence-corrected chi connectivity index (χ3v) is 3.63. The first-order valence-electron chi connectivity index (χ1n) is 7.46. The maximum atomic E-state index is 13.2. The van der Waals surface area contributed by atoms with E-state index in [1.54, 1.807) is 25.3 Å². The summed E-state index contributed by atoms with van der Waals surface area (Å²) in [6.45, 7) is 1.76. The number of carbonyl (C=O) groups excluding carboxylic acids is 1. The molecule has 0 aliphatic rings. The SMILES string of the molecule is CC(NC(=O)CCn1ccccc1=O)C(O)c1ccc(F)c(F)c1. The third-order valence-electron chi connectivity index (χ3n) is 3.63. The predicted molar refractivity (Wildman–Crippen MR) is 84.2 cm³/mol. The summed E-state index contributed by atoms with van der Waals surface area (Å²) < 4.78 is 27.5. The van der Waals surface area contributed by atoms with Crippen LogP contribution in [0.25, 0.3) is 0 Å². The largest absolute Gasteiger partial charge is 0.386 e. The fourth-order valence-corrected chi connectivity index (χ4v) is 2.26. The molecule has 0 radical (unpaired) electrons. The summed E-state index contributed by atoms with van der Waals surface area (Å²) in [5.74, 6) is -2.43. The highest BCUT2D eigenvalue weighted by Gasteiger charge is 2.19. The van der Waals surface area contributed by atoms with Crippen molar-refractivity contribution in [1.29, 1.82) is 0 Å². The van der Waals surface area contributed by atoms with Crippen LogP contribution in [-0.2, 0) is 11.3 Å². The summed E-state index contributed by atoms with van der Waals surface area (Å²) in [7, 11) is 0. The number of carbonyl (C=O) groups is 1. The molecule has 0 saturated carbocycles. The molecule has 1 heterocycles. The lowest BCUT2D eigenvalue weighted by Crippen LogP contribution is -2.37.